The van der Waals surface area contributed by atoms with E-state index >= 15 is 0 Å². The maximum Gasteiger partial charge on any atom is 0.306 e. The highest BCUT2D eigenvalue weighted by Gasteiger charge is 2.37. The number of aryl methyl sites for hydroxylation is 1. The first kappa shape index (κ1) is 26.0. The van der Waals surface area contributed by atoms with Crippen molar-refractivity contribution in [1.82, 2.24) is 9.55 Å². The Bertz CT molecular complexity index is 1210. The van der Waals surface area contributed by atoms with Gasteiger partial charge in [-0.3, -0.25) is 4.79 Å². The minimum atomic E-state index is -0.224. The molecule has 36 heavy (non-hydrogen) atoms. The van der Waals surface area contributed by atoms with Crippen LogP contribution in [0.4, 0.5) is 0 Å². The van der Waals surface area contributed by atoms with Crippen LogP contribution in [0.3, 0.4) is 0 Å². The van der Waals surface area contributed by atoms with Crippen LogP contribution in [-0.2, 0) is 27.4 Å². The summed E-state index contributed by atoms with van der Waals surface area (Å²) in [5, 5.41) is 0. The fraction of sp³-hybridized carbons (Fsp3) is 0.484. The highest BCUT2D eigenvalue weighted by molar-refractivity contribution is 5.71. The maximum atomic E-state index is 12.3. The molecule has 2 unspecified atom stereocenters. The molecule has 5 heteroatoms. The fourth-order valence-electron chi connectivity index (χ4n) is 5.37. The van der Waals surface area contributed by atoms with Crippen LogP contribution in [-0.4, -0.2) is 22.1 Å². The van der Waals surface area contributed by atoms with Crippen LogP contribution < -0.4 is 4.74 Å². The molecule has 5 nitrogen and oxygen atoms in total. The number of rotatable bonds is 8. The number of benzene rings is 2. The molecule has 4 rings (SSSR count). The number of carbonyl (C=O) groups excluding carboxylic acids is 1. The van der Waals surface area contributed by atoms with E-state index in [2.05, 4.69) is 57.8 Å². The van der Waals surface area contributed by atoms with Gasteiger partial charge in [0.1, 0.15) is 17.7 Å². The summed E-state index contributed by atoms with van der Waals surface area (Å²) >= 11 is 0. The lowest BCUT2D eigenvalue weighted by atomic mass is 9.63. The van der Waals surface area contributed by atoms with Crippen LogP contribution in [0.15, 0.2) is 54.9 Å². The quantitative estimate of drug-likeness (QED) is 0.321. The third-order valence-corrected chi connectivity index (χ3v) is 7.79. The molecular formula is C31H40N2O3. The maximum absolute atomic E-state index is 12.3. The molecule has 1 aliphatic rings. The largest absolute Gasteiger partial charge is 0.486 e. The lowest BCUT2D eigenvalue weighted by Crippen LogP contribution is -2.34. The van der Waals surface area contributed by atoms with Gasteiger partial charge in [0.2, 0.25) is 0 Å². The van der Waals surface area contributed by atoms with Crippen molar-refractivity contribution in [3.63, 3.8) is 0 Å². The van der Waals surface area contributed by atoms with Crippen LogP contribution in [0.2, 0.25) is 0 Å². The van der Waals surface area contributed by atoms with Crippen molar-refractivity contribution in [2.24, 2.45) is 7.05 Å². The van der Waals surface area contributed by atoms with Crippen LogP contribution in [0.5, 0.6) is 5.75 Å². The summed E-state index contributed by atoms with van der Waals surface area (Å²) in [4.78, 5) is 16.8. The van der Waals surface area contributed by atoms with Crippen molar-refractivity contribution >= 4 is 5.97 Å². The van der Waals surface area contributed by atoms with E-state index in [0.29, 0.717) is 6.61 Å². The normalized spacial score (nSPS) is 17.6. The van der Waals surface area contributed by atoms with E-state index in [1.165, 1.54) is 29.5 Å². The second kappa shape index (κ2) is 10.1. The van der Waals surface area contributed by atoms with Crippen LogP contribution in [0, 0.1) is 0 Å². The van der Waals surface area contributed by atoms with E-state index in [9.17, 15) is 4.79 Å². The summed E-state index contributed by atoms with van der Waals surface area (Å²) in [7, 11) is 1.95. The molecule has 2 atom stereocenters. The predicted molar refractivity (Wildman–Crippen MR) is 144 cm³/mol. The second-order valence-electron chi connectivity index (χ2n) is 11.4. The van der Waals surface area contributed by atoms with Crippen LogP contribution in [0.25, 0.3) is 0 Å². The first-order valence-corrected chi connectivity index (χ1v) is 13.1. The molecule has 1 aromatic heterocycles. The Morgan fingerprint density at radius 2 is 1.64 bits per heavy atom. The zero-order valence-corrected chi connectivity index (χ0v) is 22.8. The van der Waals surface area contributed by atoms with Crippen molar-refractivity contribution in [3.8, 4) is 5.75 Å². The molecule has 192 valence electrons. The van der Waals surface area contributed by atoms with Gasteiger partial charge in [-0.25, -0.2) is 4.98 Å². The molecule has 0 radical (unpaired) electrons. The molecule has 0 N–H and O–H groups in total. The Morgan fingerprint density at radius 1 is 1.00 bits per heavy atom. The van der Waals surface area contributed by atoms with Gasteiger partial charge in [-0.1, -0.05) is 58.0 Å². The minimum Gasteiger partial charge on any atom is -0.486 e. The van der Waals surface area contributed by atoms with Gasteiger partial charge in [0.05, 0.1) is 18.9 Å². The number of ether oxygens (including phenoxy) is 2. The molecule has 0 amide bonds. The summed E-state index contributed by atoms with van der Waals surface area (Å²) in [6.45, 7) is 13.7. The molecule has 0 saturated carbocycles. The SMILES string of the molecule is CCOC(=O)CC(c1ccc(OC(C)c2ccc3c(c2)C(C)(C)CCC3(C)C)cc1)c1nccn1C. The van der Waals surface area contributed by atoms with E-state index in [1.54, 1.807) is 6.20 Å². The Kier molecular flexibility index (Phi) is 7.31. The molecule has 2 aromatic carbocycles. The van der Waals surface area contributed by atoms with E-state index in [4.69, 9.17) is 9.47 Å². The van der Waals surface area contributed by atoms with Crippen molar-refractivity contribution in [1.29, 1.82) is 0 Å². The summed E-state index contributed by atoms with van der Waals surface area (Å²) in [5.41, 5.74) is 5.48. The van der Waals surface area contributed by atoms with E-state index in [1.807, 2.05) is 49.0 Å². The molecule has 1 heterocycles. The molecule has 0 saturated heterocycles. The number of carbonyl (C=O) groups is 1. The molecule has 3 aromatic rings. The number of nitrogens with zero attached hydrogens (tertiary/aromatic N) is 2. The molecule has 0 aliphatic heterocycles. The second-order valence-corrected chi connectivity index (χ2v) is 11.4. The van der Waals surface area contributed by atoms with E-state index in [0.717, 1.165) is 17.1 Å². The number of hydrogen-bond acceptors (Lipinski definition) is 4. The van der Waals surface area contributed by atoms with E-state index in [-0.39, 0.29) is 35.2 Å². The summed E-state index contributed by atoms with van der Waals surface area (Å²) in [5.74, 6) is 1.24. The zero-order valence-electron chi connectivity index (χ0n) is 22.8. The first-order valence-electron chi connectivity index (χ1n) is 13.1. The molecule has 0 fully saturated rings. The number of imidazole rings is 1. The number of aromatic nitrogens is 2. The molecule has 1 aliphatic carbocycles. The fourth-order valence-corrected chi connectivity index (χ4v) is 5.37. The Labute approximate surface area is 215 Å². The Morgan fingerprint density at radius 3 is 2.25 bits per heavy atom. The highest BCUT2D eigenvalue weighted by atomic mass is 16.5. The van der Waals surface area contributed by atoms with Gasteiger partial charge in [0, 0.05) is 19.4 Å². The lowest BCUT2D eigenvalue weighted by molar-refractivity contribution is -0.143. The van der Waals surface area contributed by atoms with E-state index < -0.39 is 0 Å². The van der Waals surface area contributed by atoms with Gasteiger partial charge in [-0.05, 0) is 71.9 Å². The summed E-state index contributed by atoms with van der Waals surface area (Å²) in [6.07, 6.45) is 6.22. The van der Waals surface area contributed by atoms with Crippen LogP contribution >= 0.6 is 0 Å². The predicted octanol–water partition coefficient (Wildman–Crippen LogP) is 6.99. The molecular weight excluding hydrogens is 448 g/mol. The molecule has 0 spiro atoms. The third-order valence-electron chi connectivity index (χ3n) is 7.79. The van der Waals surface area contributed by atoms with Gasteiger partial charge in [0.25, 0.3) is 0 Å². The Hall–Kier alpha value is -3.08. The van der Waals surface area contributed by atoms with Crippen molar-refractivity contribution in [2.75, 3.05) is 6.61 Å². The van der Waals surface area contributed by atoms with Gasteiger partial charge < -0.3 is 14.0 Å². The zero-order chi connectivity index (χ0) is 26.1. The van der Waals surface area contributed by atoms with Crippen molar-refractivity contribution in [3.05, 3.63) is 82.9 Å². The molecule has 0 bridgehead atoms. The van der Waals surface area contributed by atoms with Gasteiger partial charge in [-0.2, -0.15) is 0 Å². The third kappa shape index (κ3) is 5.35. The number of fused-ring (bicyclic) bond motifs is 1. The van der Waals surface area contributed by atoms with Crippen LogP contribution in [0.1, 0.15) is 101 Å². The summed E-state index contributed by atoms with van der Waals surface area (Å²) in [6, 6.07) is 14.9. The lowest BCUT2D eigenvalue weighted by Gasteiger charge is -2.42. The smallest absolute Gasteiger partial charge is 0.306 e. The Balaban J connectivity index is 1.54. The number of hydrogen-bond donors (Lipinski definition) is 0. The average Bonchev–Trinajstić information content (AvgIpc) is 3.26. The van der Waals surface area contributed by atoms with Gasteiger partial charge >= 0.3 is 5.97 Å². The van der Waals surface area contributed by atoms with Crippen molar-refractivity contribution < 1.29 is 14.3 Å². The summed E-state index contributed by atoms with van der Waals surface area (Å²) < 4.78 is 13.5. The number of esters is 1. The average molecular weight is 489 g/mol. The van der Waals surface area contributed by atoms with Gasteiger partial charge in [0.15, 0.2) is 0 Å². The monoisotopic (exact) mass is 488 g/mol. The van der Waals surface area contributed by atoms with Crippen molar-refractivity contribution in [2.45, 2.75) is 83.7 Å². The van der Waals surface area contributed by atoms with Gasteiger partial charge in [-0.15, -0.1) is 0 Å². The first-order chi connectivity index (χ1) is 17.0. The minimum absolute atomic E-state index is 0.0770. The standard InChI is InChI=1S/C31H40N2O3/c1-8-35-28(34)20-25(29-32-17-18-33(29)7)22-9-12-24(13-10-22)36-21(2)23-11-14-26-27(19-23)31(5,6)16-15-30(26,3)4/h9-14,17-19,21,25H,8,15-16,20H2,1-7H3. The topological polar surface area (TPSA) is 53.4 Å². The highest BCUT2D eigenvalue weighted by Crippen LogP contribution is 2.46.